The minimum atomic E-state index is -0.483. The van der Waals surface area contributed by atoms with Gasteiger partial charge < -0.3 is 25.3 Å². The molecular formula is C24H26N4O4. The molecule has 8 nitrogen and oxygen atoms in total. The second-order valence-electron chi connectivity index (χ2n) is 7.78. The fourth-order valence-corrected chi connectivity index (χ4v) is 3.94. The normalized spacial score (nSPS) is 15.7. The van der Waals surface area contributed by atoms with Gasteiger partial charge in [-0.3, -0.25) is 14.4 Å². The minimum Gasteiger partial charge on any atom is -0.497 e. The molecule has 4 rings (SSSR count). The van der Waals surface area contributed by atoms with E-state index < -0.39 is 5.92 Å². The molecule has 1 aliphatic heterocycles. The van der Waals surface area contributed by atoms with Gasteiger partial charge in [0.2, 0.25) is 17.7 Å². The summed E-state index contributed by atoms with van der Waals surface area (Å²) in [6, 6.07) is 15.1. The van der Waals surface area contributed by atoms with Crippen LogP contribution < -0.4 is 20.3 Å². The Morgan fingerprint density at radius 2 is 1.91 bits per heavy atom. The van der Waals surface area contributed by atoms with Crippen molar-refractivity contribution in [2.24, 2.45) is 5.92 Å². The average Bonchev–Trinajstić information content (AvgIpc) is 3.41. The van der Waals surface area contributed by atoms with Gasteiger partial charge in [0.1, 0.15) is 5.75 Å². The van der Waals surface area contributed by atoms with E-state index >= 15 is 0 Å². The molecular weight excluding hydrogens is 408 g/mol. The monoisotopic (exact) mass is 434 g/mol. The molecule has 0 saturated carbocycles. The SMILES string of the molecule is COc1ccc(N2C[C@H](C(=O)NCC(=O)NCCc3c[nH]c4ccccc34)CC2=O)cc1. The molecule has 3 aromatic rings. The minimum absolute atomic E-state index is 0.111. The maximum Gasteiger partial charge on any atom is 0.239 e. The Morgan fingerprint density at radius 3 is 2.69 bits per heavy atom. The summed E-state index contributed by atoms with van der Waals surface area (Å²) in [5.41, 5.74) is 2.92. The topological polar surface area (TPSA) is 104 Å². The van der Waals surface area contributed by atoms with E-state index in [9.17, 15) is 14.4 Å². The smallest absolute Gasteiger partial charge is 0.239 e. The Balaban J connectivity index is 1.22. The summed E-state index contributed by atoms with van der Waals surface area (Å²) in [4.78, 5) is 41.8. The van der Waals surface area contributed by atoms with Crippen molar-refractivity contribution in [3.63, 3.8) is 0 Å². The number of hydrogen-bond donors (Lipinski definition) is 3. The molecule has 1 saturated heterocycles. The van der Waals surface area contributed by atoms with E-state index in [4.69, 9.17) is 4.74 Å². The van der Waals surface area contributed by atoms with Crippen LogP contribution in [0, 0.1) is 5.92 Å². The van der Waals surface area contributed by atoms with Crippen LogP contribution in [0.2, 0.25) is 0 Å². The fourth-order valence-electron chi connectivity index (χ4n) is 3.94. The highest BCUT2D eigenvalue weighted by molar-refractivity contribution is 6.00. The van der Waals surface area contributed by atoms with E-state index in [-0.39, 0.29) is 30.7 Å². The van der Waals surface area contributed by atoms with E-state index in [1.54, 1.807) is 36.3 Å². The molecule has 32 heavy (non-hydrogen) atoms. The number of para-hydroxylation sites is 1. The van der Waals surface area contributed by atoms with Crippen molar-refractivity contribution in [2.75, 3.05) is 31.6 Å². The first-order valence-electron chi connectivity index (χ1n) is 10.6. The van der Waals surface area contributed by atoms with Gasteiger partial charge in [0, 0.05) is 42.3 Å². The van der Waals surface area contributed by atoms with Crippen molar-refractivity contribution in [2.45, 2.75) is 12.8 Å². The first-order valence-corrected chi connectivity index (χ1v) is 10.6. The molecule has 1 aliphatic rings. The van der Waals surface area contributed by atoms with E-state index in [2.05, 4.69) is 15.6 Å². The highest BCUT2D eigenvalue weighted by Crippen LogP contribution is 2.26. The van der Waals surface area contributed by atoms with Gasteiger partial charge in [0.05, 0.1) is 19.6 Å². The zero-order valence-electron chi connectivity index (χ0n) is 17.9. The Labute approximate surface area is 185 Å². The summed E-state index contributed by atoms with van der Waals surface area (Å²) in [6.07, 6.45) is 2.77. The molecule has 0 aliphatic carbocycles. The van der Waals surface area contributed by atoms with Crippen LogP contribution >= 0.6 is 0 Å². The summed E-state index contributed by atoms with van der Waals surface area (Å²) in [5.74, 6) is -0.441. The van der Waals surface area contributed by atoms with Gasteiger partial charge in [-0.15, -0.1) is 0 Å². The lowest BCUT2D eigenvalue weighted by molar-refractivity contribution is -0.128. The molecule has 1 atom stereocenters. The summed E-state index contributed by atoms with van der Waals surface area (Å²) in [7, 11) is 1.58. The lowest BCUT2D eigenvalue weighted by atomic mass is 10.1. The number of nitrogens with zero attached hydrogens (tertiary/aromatic N) is 1. The van der Waals surface area contributed by atoms with Gasteiger partial charge >= 0.3 is 0 Å². The number of carbonyl (C=O) groups is 3. The molecule has 1 aromatic heterocycles. The Bertz CT molecular complexity index is 1120. The highest BCUT2D eigenvalue weighted by atomic mass is 16.5. The summed E-state index contributed by atoms with van der Waals surface area (Å²) in [5, 5.41) is 6.62. The molecule has 3 N–H and O–H groups in total. The molecule has 0 unspecified atom stereocenters. The van der Waals surface area contributed by atoms with Gasteiger partial charge in [-0.25, -0.2) is 0 Å². The van der Waals surface area contributed by atoms with Crippen LogP contribution in [0.1, 0.15) is 12.0 Å². The highest BCUT2D eigenvalue weighted by Gasteiger charge is 2.35. The fraction of sp³-hybridized carbons (Fsp3) is 0.292. The molecule has 2 heterocycles. The van der Waals surface area contributed by atoms with Crippen molar-refractivity contribution in [1.29, 1.82) is 0 Å². The number of nitrogens with one attached hydrogen (secondary N) is 3. The van der Waals surface area contributed by atoms with Crippen LogP contribution in [0.5, 0.6) is 5.75 Å². The number of H-pyrrole nitrogens is 1. The quantitative estimate of drug-likeness (QED) is 0.505. The average molecular weight is 434 g/mol. The number of aromatic amines is 1. The zero-order valence-corrected chi connectivity index (χ0v) is 17.9. The second kappa shape index (κ2) is 9.55. The zero-order chi connectivity index (χ0) is 22.5. The van der Waals surface area contributed by atoms with Gasteiger partial charge in [-0.1, -0.05) is 18.2 Å². The van der Waals surface area contributed by atoms with Crippen molar-refractivity contribution >= 4 is 34.3 Å². The van der Waals surface area contributed by atoms with Crippen LogP contribution in [-0.2, 0) is 20.8 Å². The third-order valence-corrected chi connectivity index (χ3v) is 5.69. The molecule has 166 valence electrons. The molecule has 0 spiro atoms. The summed E-state index contributed by atoms with van der Waals surface area (Å²) >= 11 is 0. The largest absolute Gasteiger partial charge is 0.497 e. The van der Waals surface area contributed by atoms with E-state index in [1.807, 2.05) is 30.5 Å². The molecule has 2 aromatic carbocycles. The molecule has 8 heteroatoms. The van der Waals surface area contributed by atoms with Crippen molar-refractivity contribution in [1.82, 2.24) is 15.6 Å². The number of benzene rings is 2. The molecule has 3 amide bonds. The lowest BCUT2D eigenvalue weighted by Gasteiger charge is -2.17. The van der Waals surface area contributed by atoms with Gasteiger partial charge in [-0.05, 0) is 42.3 Å². The number of anilines is 1. The Hall–Kier alpha value is -3.81. The maximum atomic E-state index is 12.5. The number of carbonyl (C=O) groups excluding carboxylic acids is 3. The Morgan fingerprint density at radius 1 is 1.12 bits per heavy atom. The molecule has 0 radical (unpaired) electrons. The molecule has 0 bridgehead atoms. The third-order valence-electron chi connectivity index (χ3n) is 5.69. The number of hydrogen-bond acceptors (Lipinski definition) is 4. The third kappa shape index (κ3) is 4.74. The lowest BCUT2D eigenvalue weighted by Crippen LogP contribution is -2.40. The van der Waals surface area contributed by atoms with Crippen LogP contribution in [0.25, 0.3) is 10.9 Å². The molecule has 1 fully saturated rings. The van der Waals surface area contributed by atoms with Gasteiger partial charge in [-0.2, -0.15) is 0 Å². The van der Waals surface area contributed by atoms with Crippen LogP contribution in [0.4, 0.5) is 5.69 Å². The first-order chi connectivity index (χ1) is 15.5. The number of rotatable bonds is 8. The van der Waals surface area contributed by atoms with Crippen molar-refractivity contribution < 1.29 is 19.1 Å². The predicted molar refractivity (Wildman–Crippen MR) is 121 cm³/mol. The maximum absolute atomic E-state index is 12.5. The van der Waals surface area contributed by atoms with Gasteiger partial charge in [0.25, 0.3) is 0 Å². The van der Waals surface area contributed by atoms with Gasteiger partial charge in [0.15, 0.2) is 0 Å². The number of aromatic nitrogens is 1. The number of fused-ring (bicyclic) bond motifs is 1. The number of ether oxygens (including phenoxy) is 1. The number of amides is 3. The Kier molecular flexibility index (Phi) is 6.39. The van der Waals surface area contributed by atoms with E-state index in [0.717, 1.165) is 22.2 Å². The predicted octanol–water partition coefficient (Wildman–Crippen LogP) is 2.00. The first kappa shape index (κ1) is 21.4. The van der Waals surface area contributed by atoms with Crippen molar-refractivity contribution in [3.8, 4) is 5.75 Å². The summed E-state index contributed by atoms with van der Waals surface area (Å²) in [6.45, 7) is 0.656. The number of methoxy groups -OCH3 is 1. The standard InChI is InChI=1S/C24H26N4O4/c1-32-19-8-6-18(7-9-19)28-15-17(12-23(28)30)24(31)27-14-22(29)25-11-10-16-13-26-21-5-3-2-4-20(16)21/h2-9,13,17,26H,10-12,14-15H2,1H3,(H,25,29)(H,27,31)/t17-/m1/s1. The van der Waals surface area contributed by atoms with Crippen LogP contribution in [-0.4, -0.2) is 49.4 Å². The summed E-state index contributed by atoms with van der Waals surface area (Å²) < 4.78 is 5.13. The van der Waals surface area contributed by atoms with Crippen LogP contribution in [0.15, 0.2) is 54.7 Å². The van der Waals surface area contributed by atoms with E-state index in [0.29, 0.717) is 25.3 Å². The second-order valence-corrected chi connectivity index (χ2v) is 7.78. The van der Waals surface area contributed by atoms with Crippen molar-refractivity contribution in [3.05, 3.63) is 60.3 Å². The van der Waals surface area contributed by atoms with E-state index in [1.165, 1.54) is 0 Å². The van der Waals surface area contributed by atoms with Crippen LogP contribution in [0.3, 0.4) is 0 Å².